The van der Waals surface area contributed by atoms with Gasteiger partial charge in [0.1, 0.15) is 5.82 Å². The molecular weight excluding hydrogens is 207 g/mol. The normalized spacial score (nSPS) is 11.6. The van der Waals surface area contributed by atoms with Gasteiger partial charge in [-0.15, -0.1) is 0 Å². The highest BCUT2D eigenvalue weighted by Crippen LogP contribution is 2.15. The molecule has 1 N–H and O–H groups in total. The van der Waals surface area contributed by atoms with Crippen LogP contribution in [0.5, 0.6) is 0 Å². The Kier molecular flexibility index (Phi) is 3.23. The highest BCUT2D eigenvalue weighted by molar-refractivity contribution is 7.85. The van der Waals surface area contributed by atoms with Crippen LogP contribution >= 0.6 is 0 Å². The zero-order valence-corrected chi connectivity index (χ0v) is 8.51. The van der Waals surface area contributed by atoms with Crippen molar-refractivity contribution in [3.8, 4) is 0 Å². The lowest BCUT2D eigenvalue weighted by Gasteiger charge is -2.02. The molecule has 0 atom stereocenters. The first kappa shape index (κ1) is 11.1. The van der Waals surface area contributed by atoms with Crippen LogP contribution in [0.3, 0.4) is 0 Å². The van der Waals surface area contributed by atoms with E-state index in [9.17, 15) is 12.8 Å². The van der Waals surface area contributed by atoms with Crippen molar-refractivity contribution in [2.75, 3.05) is 0 Å². The maximum absolute atomic E-state index is 13.2. The molecule has 0 aliphatic carbocycles. The second-order valence-corrected chi connectivity index (χ2v) is 4.40. The Bertz CT molecular complexity index is 426. The SMILES string of the molecule is CCCc1ccc(S(=O)(=O)O)cc1F. The molecule has 0 unspecified atom stereocenters. The van der Waals surface area contributed by atoms with Gasteiger partial charge in [-0.2, -0.15) is 8.42 Å². The van der Waals surface area contributed by atoms with E-state index in [0.717, 1.165) is 12.5 Å². The average Bonchev–Trinajstić information content (AvgIpc) is 2.07. The van der Waals surface area contributed by atoms with E-state index in [-0.39, 0.29) is 0 Å². The molecule has 0 bridgehead atoms. The summed E-state index contributed by atoms with van der Waals surface area (Å²) in [5.74, 6) is -0.595. The fraction of sp³-hybridized carbons (Fsp3) is 0.333. The minimum absolute atomic E-state index is 0.408. The summed E-state index contributed by atoms with van der Waals surface area (Å²) in [5, 5.41) is 0. The van der Waals surface area contributed by atoms with E-state index in [2.05, 4.69) is 0 Å². The fourth-order valence-corrected chi connectivity index (χ4v) is 1.65. The minimum atomic E-state index is -4.30. The summed E-state index contributed by atoms with van der Waals surface area (Å²) in [6, 6.07) is 3.41. The molecule has 5 heteroatoms. The maximum Gasteiger partial charge on any atom is 0.294 e. The molecule has 1 aromatic carbocycles. The summed E-state index contributed by atoms with van der Waals surface area (Å²) in [7, 11) is -4.30. The summed E-state index contributed by atoms with van der Waals surface area (Å²) in [4.78, 5) is -0.408. The Morgan fingerprint density at radius 2 is 2.07 bits per heavy atom. The van der Waals surface area contributed by atoms with Crippen molar-refractivity contribution in [2.45, 2.75) is 24.7 Å². The first-order chi connectivity index (χ1) is 6.45. The monoisotopic (exact) mass is 218 g/mol. The van der Waals surface area contributed by atoms with Crippen LogP contribution in [-0.4, -0.2) is 13.0 Å². The first-order valence-electron chi connectivity index (χ1n) is 4.21. The molecule has 0 heterocycles. The van der Waals surface area contributed by atoms with Gasteiger partial charge < -0.3 is 0 Å². The fourth-order valence-electron chi connectivity index (χ4n) is 1.16. The van der Waals surface area contributed by atoms with Gasteiger partial charge in [-0.05, 0) is 24.1 Å². The highest BCUT2D eigenvalue weighted by atomic mass is 32.2. The Morgan fingerprint density at radius 3 is 2.50 bits per heavy atom. The average molecular weight is 218 g/mol. The van der Waals surface area contributed by atoms with Gasteiger partial charge in [0.15, 0.2) is 0 Å². The lowest BCUT2D eigenvalue weighted by molar-refractivity contribution is 0.481. The third-order valence-corrected chi connectivity index (χ3v) is 2.69. The molecule has 0 amide bonds. The van der Waals surface area contributed by atoms with E-state index in [1.54, 1.807) is 0 Å². The summed E-state index contributed by atoms with van der Waals surface area (Å²) < 4.78 is 43.1. The van der Waals surface area contributed by atoms with E-state index in [1.807, 2.05) is 6.92 Å². The zero-order chi connectivity index (χ0) is 10.8. The molecule has 78 valence electrons. The van der Waals surface area contributed by atoms with E-state index < -0.39 is 20.8 Å². The summed E-state index contributed by atoms with van der Waals surface area (Å²) in [5.41, 5.74) is 0.458. The van der Waals surface area contributed by atoms with E-state index in [0.29, 0.717) is 12.0 Å². The van der Waals surface area contributed by atoms with E-state index in [4.69, 9.17) is 4.55 Å². The molecule has 0 spiro atoms. The van der Waals surface area contributed by atoms with Crippen molar-refractivity contribution in [2.24, 2.45) is 0 Å². The van der Waals surface area contributed by atoms with Gasteiger partial charge in [0.05, 0.1) is 4.90 Å². The largest absolute Gasteiger partial charge is 0.294 e. The lowest BCUT2D eigenvalue weighted by Crippen LogP contribution is -2.00. The van der Waals surface area contributed by atoms with Gasteiger partial charge in [0, 0.05) is 0 Å². The third kappa shape index (κ3) is 2.52. The smallest absolute Gasteiger partial charge is 0.282 e. The quantitative estimate of drug-likeness (QED) is 0.790. The third-order valence-electron chi connectivity index (χ3n) is 1.84. The highest BCUT2D eigenvalue weighted by Gasteiger charge is 2.11. The topological polar surface area (TPSA) is 54.4 Å². The molecule has 0 aliphatic rings. The minimum Gasteiger partial charge on any atom is -0.282 e. The first-order valence-corrected chi connectivity index (χ1v) is 5.65. The maximum atomic E-state index is 13.2. The van der Waals surface area contributed by atoms with Crippen LogP contribution in [0.25, 0.3) is 0 Å². The van der Waals surface area contributed by atoms with Crippen molar-refractivity contribution in [3.63, 3.8) is 0 Å². The molecule has 1 rings (SSSR count). The van der Waals surface area contributed by atoms with Crippen molar-refractivity contribution < 1.29 is 17.4 Å². The Labute approximate surface area is 82.3 Å². The summed E-state index contributed by atoms with van der Waals surface area (Å²) in [6.45, 7) is 1.90. The Balaban J connectivity index is 3.13. The Morgan fingerprint density at radius 1 is 1.43 bits per heavy atom. The standard InChI is InChI=1S/C9H11FO3S/c1-2-3-7-4-5-8(6-9(7)10)14(11,12)13/h4-6H,2-3H2,1H3,(H,11,12,13). The number of hydrogen-bond donors (Lipinski definition) is 1. The second kappa shape index (κ2) is 4.06. The van der Waals surface area contributed by atoms with Crippen LogP contribution in [0.4, 0.5) is 4.39 Å². The van der Waals surface area contributed by atoms with Crippen LogP contribution in [0.2, 0.25) is 0 Å². The van der Waals surface area contributed by atoms with Crippen LogP contribution in [0, 0.1) is 5.82 Å². The van der Waals surface area contributed by atoms with Crippen LogP contribution < -0.4 is 0 Å². The van der Waals surface area contributed by atoms with E-state index in [1.165, 1.54) is 12.1 Å². The van der Waals surface area contributed by atoms with Gasteiger partial charge in [-0.3, -0.25) is 4.55 Å². The predicted molar refractivity (Wildman–Crippen MR) is 50.2 cm³/mol. The summed E-state index contributed by atoms with van der Waals surface area (Å²) in [6.07, 6.45) is 1.33. The molecule has 14 heavy (non-hydrogen) atoms. The predicted octanol–water partition coefficient (Wildman–Crippen LogP) is 2.02. The number of rotatable bonds is 3. The molecule has 0 aromatic heterocycles. The molecule has 0 saturated carbocycles. The molecule has 0 saturated heterocycles. The molecular formula is C9H11FO3S. The van der Waals surface area contributed by atoms with Crippen molar-refractivity contribution >= 4 is 10.1 Å². The molecule has 0 fully saturated rings. The van der Waals surface area contributed by atoms with Gasteiger partial charge in [-0.1, -0.05) is 19.4 Å². The number of halogens is 1. The second-order valence-electron chi connectivity index (χ2n) is 2.98. The number of benzene rings is 1. The Hall–Kier alpha value is -0.940. The van der Waals surface area contributed by atoms with E-state index >= 15 is 0 Å². The van der Waals surface area contributed by atoms with Crippen molar-refractivity contribution in [3.05, 3.63) is 29.6 Å². The molecule has 3 nitrogen and oxygen atoms in total. The van der Waals surface area contributed by atoms with Gasteiger partial charge >= 0.3 is 0 Å². The van der Waals surface area contributed by atoms with Crippen molar-refractivity contribution in [1.29, 1.82) is 0 Å². The lowest BCUT2D eigenvalue weighted by atomic mass is 10.1. The summed E-state index contributed by atoms with van der Waals surface area (Å²) >= 11 is 0. The van der Waals surface area contributed by atoms with Crippen LogP contribution in [0.15, 0.2) is 23.1 Å². The number of aryl methyl sites for hydroxylation is 1. The van der Waals surface area contributed by atoms with Gasteiger partial charge in [0.2, 0.25) is 0 Å². The molecule has 0 aliphatic heterocycles. The number of hydrogen-bond acceptors (Lipinski definition) is 2. The zero-order valence-electron chi connectivity index (χ0n) is 7.70. The molecule has 1 aromatic rings. The molecule has 0 radical (unpaired) electrons. The van der Waals surface area contributed by atoms with Crippen LogP contribution in [-0.2, 0) is 16.5 Å². The van der Waals surface area contributed by atoms with Gasteiger partial charge in [0.25, 0.3) is 10.1 Å². The van der Waals surface area contributed by atoms with Crippen molar-refractivity contribution in [1.82, 2.24) is 0 Å². The van der Waals surface area contributed by atoms with Crippen LogP contribution in [0.1, 0.15) is 18.9 Å². The van der Waals surface area contributed by atoms with Gasteiger partial charge in [-0.25, -0.2) is 4.39 Å².